The van der Waals surface area contributed by atoms with Gasteiger partial charge in [0.1, 0.15) is 0 Å². The topological polar surface area (TPSA) is 72.5 Å². The van der Waals surface area contributed by atoms with Gasteiger partial charge in [-0.25, -0.2) is 4.79 Å². The van der Waals surface area contributed by atoms with Crippen LogP contribution in [0.25, 0.3) is 0 Å². The van der Waals surface area contributed by atoms with Crippen LogP contribution in [0.15, 0.2) is 29.3 Å². The molecule has 0 aliphatic rings. The number of nitrogens with zero attached hydrogens (tertiary/aromatic N) is 1. The second-order valence-electron chi connectivity index (χ2n) is 2.10. The van der Waals surface area contributed by atoms with Gasteiger partial charge in [-0.05, 0) is 12.1 Å². The molecule has 12 heavy (non-hydrogen) atoms. The number of benzene rings is 1. The molecule has 0 unspecified atom stereocenters. The lowest BCUT2D eigenvalue weighted by Crippen LogP contribution is -1.99. The fourth-order valence-electron chi connectivity index (χ4n) is 0.793. The molecule has 0 saturated heterocycles. The van der Waals surface area contributed by atoms with Gasteiger partial charge in [-0.2, -0.15) is 0 Å². The molecule has 1 aromatic rings. The average Bonchev–Trinajstić information content (AvgIpc) is 2.05. The Morgan fingerprint density at radius 3 is 2.67 bits per heavy atom. The van der Waals surface area contributed by atoms with Crippen molar-refractivity contribution in [2.24, 2.45) is 4.99 Å². The molecule has 1 aromatic carbocycles. The summed E-state index contributed by atoms with van der Waals surface area (Å²) in [5, 5.41) is 0. The molecular formula is C8H6N2O2. The average molecular weight is 162 g/mol. The van der Waals surface area contributed by atoms with Crippen LogP contribution in [0.5, 0.6) is 0 Å². The van der Waals surface area contributed by atoms with Gasteiger partial charge in [-0.3, -0.25) is 4.79 Å². The Balaban J connectivity index is 3.11. The highest BCUT2D eigenvalue weighted by molar-refractivity contribution is 6.01. The second-order valence-corrected chi connectivity index (χ2v) is 2.10. The van der Waals surface area contributed by atoms with Crippen LogP contribution in [0.2, 0.25) is 0 Å². The smallest absolute Gasteiger partial charge is 0.289 e. The normalized spacial score (nSPS) is 8.67. The van der Waals surface area contributed by atoms with E-state index in [2.05, 4.69) is 4.99 Å². The molecule has 0 radical (unpaired) electrons. The number of isocyanates is 1. The molecule has 0 aliphatic heterocycles. The molecule has 2 N–H and O–H groups in total. The third-order valence-electron chi connectivity index (χ3n) is 1.34. The van der Waals surface area contributed by atoms with Crippen LogP contribution in [0.1, 0.15) is 10.4 Å². The number of carbonyl (C=O) groups is 1. The summed E-state index contributed by atoms with van der Waals surface area (Å²) in [6.07, 6.45) is 1.16. The van der Waals surface area contributed by atoms with Crippen molar-refractivity contribution in [3.8, 4) is 0 Å². The van der Waals surface area contributed by atoms with Crippen LogP contribution in [0.3, 0.4) is 0 Å². The molecule has 4 nitrogen and oxygen atoms in total. The monoisotopic (exact) mass is 162 g/mol. The third-order valence-corrected chi connectivity index (χ3v) is 1.34. The first-order chi connectivity index (χ1) is 5.75. The summed E-state index contributed by atoms with van der Waals surface area (Å²) >= 11 is 0. The lowest BCUT2D eigenvalue weighted by atomic mass is 10.2. The quantitative estimate of drug-likeness (QED) is 0.376. The van der Waals surface area contributed by atoms with Crippen molar-refractivity contribution in [3.05, 3.63) is 29.8 Å². The SMILES string of the molecule is Nc1ccccc1C(=O)N=C=O. The molecule has 0 heterocycles. The van der Waals surface area contributed by atoms with Gasteiger partial charge in [0.25, 0.3) is 5.91 Å². The van der Waals surface area contributed by atoms with E-state index in [-0.39, 0.29) is 5.56 Å². The van der Waals surface area contributed by atoms with Crippen molar-refractivity contribution in [1.29, 1.82) is 0 Å². The molecule has 0 aliphatic carbocycles. The number of nitrogens with two attached hydrogens (primary N) is 1. The van der Waals surface area contributed by atoms with Crippen LogP contribution < -0.4 is 5.73 Å². The number of para-hydroxylation sites is 1. The lowest BCUT2D eigenvalue weighted by molar-refractivity contribution is 0.100. The predicted octanol–water partition coefficient (Wildman–Crippen LogP) is 0.745. The van der Waals surface area contributed by atoms with E-state index < -0.39 is 5.91 Å². The van der Waals surface area contributed by atoms with Gasteiger partial charge >= 0.3 is 0 Å². The zero-order valence-corrected chi connectivity index (χ0v) is 6.15. The maximum absolute atomic E-state index is 11.0. The Morgan fingerprint density at radius 1 is 1.42 bits per heavy atom. The van der Waals surface area contributed by atoms with E-state index in [1.165, 1.54) is 6.07 Å². The van der Waals surface area contributed by atoms with E-state index in [4.69, 9.17) is 5.73 Å². The van der Waals surface area contributed by atoms with E-state index in [1.54, 1.807) is 18.2 Å². The number of carbonyl (C=O) groups excluding carboxylic acids is 2. The number of hydrogen-bond acceptors (Lipinski definition) is 3. The first-order valence-corrected chi connectivity index (χ1v) is 3.22. The number of amides is 1. The van der Waals surface area contributed by atoms with Crippen molar-refractivity contribution in [3.63, 3.8) is 0 Å². The van der Waals surface area contributed by atoms with Crippen molar-refractivity contribution >= 4 is 17.7 Å². The Bertz CT molecular complexity index is 354. The van der Waals surface area contributed by atoms with E-state index in [1.807, 2.05) is 0 Å². The fourth-order valence-corrected chi connectivity index (χ4v) is 0.793. The second kappa shape index (κ2) is 3.46. The van der Waals surface area contributed by atoms with E-state index in [9.17, 15) is 9.59 Å². The van der Waals surface area contributed by atoms with Crippen molar-refractivity contribution in [2.45, 2.75) is 0 Å². The number of aliphatic imine (C=N–C) groups is 1. The summed E-state index contributed by atoms with van der Waals surface area (Å²) in [6.45, 7) is 0. The highest BCUT2D eigenvalue weighted by Gasteiger charge is 2.05. The maximum atomic E-state index is 11.0. The zero-order chi connectivity index (χ0) is 8.97. The first-order valence-electron chi connectivity index (χ1n) is 3.22. The summed E-state index contributed by atoms with van der Waals surface area (Å²) in [4.78, 5) is 23.6. The minimum atomic E-state index is -0.664. The van der Waals surface area contributed by atoms with Crippen molar-refractivity contribution < 1.29 is 9.59 Å². The Kier molecular flexibility index (Phi) is 2.35. The van der Waals surface area contributed by atoms with Crippen LogP contribution in [-0.2, 0) is 4.79 Å². The van der Waals surface area contributed by atoms with Gasteiger partial charge < -0.3 is 5.73 Å². The van der Waals surface area contributed by atoms with Gasteiger partial charge in [0.15, 0.2) is 0 Å². The van der Waals surface area contributed by atoms with E-state index >= 15 is 0 Å². The van der Waals surface area contributed by atoms with Gasteiger partial charge in [-0.15, -0.1) is 4.99 Å². The van der Waals surface area contributed by atoms with E-state index in [0.717, 1.165) is 6.08 Å². The Morgan fingerprint density at radius 2 is 2.08 bits per heavy atom. The number of hydrogen-bond donors (Lipinski definition) is 1. The van der Waals surface area contributed by atoms with Crippen LogP contribution in [0, 0.1) is 0 Å². The highest BCUT2D eigenvalue weighted by atomic mass is 16.2. The van der Waals surface area contributed by atoms with Gasteiger partial charge in [0, 0.05) is 5.69 Å². The number of anilines is 1. The Hall–Kier alpha value is -1.93. The molecule has 1 amide bonds. The molecule has 4 heteroatoms. The summed E-state index contributed by atoms with van der Waals surface area (Å²) < 4.78 is 0. The molecular weight excluding hydrogens is 156 g/mol. The first kappa shape index (κ1) is 8.17. The lowest BCUT2D eigenvalue weighted by Gasteiger charge is -1.96. The Labute approximate surface area is 68.7 Å². The van der Waals surface area contributed by atoms with Gasteiger partial charge in [0.05, 0.1) is 5.56 Å². The van der Waals surface area contributed by atoms with Gasteiger partial charge in [-0.1, -0.05) is 12.1 Å². The molecule has 0 spiro atoms. The van der Waals surface area contributed by atoms with Gasteiger partial charge in [0.2, 0.25) is 6.08 Å². The predicted molar refractivity (Wildman–Crippen MR) is 43.3 cm³/mol. The van der Waals surface area contributed by atoms with Crippen LogP contribution >= 0.6 is 0 Å². The van der Waals surface area contributed by atoms with Crippen LogP contribution in [0.4, 0.5) is 5.69 Å². The summed E-state index contributed by atoms with van der Waals surface area (Å²) in [5.74, 6) is -0.664. The molecule has 0 atom stereocenters. The number of rotatable bonds is 1. The molecule has 0 bridgehead atoms. The van der Waals surface area contributed by atoms with Crippen LogP contribution in [-0.4, -0.2) is 12.0 Å². The number of nitrogen functional groups attached to an aromatic ring is 1. The molecule has 0 saturated carbocycles. The zero-order valence-electron chi connectivity index (χ0n) is 6.15. The van der Waals surface area contributed by atoms with Crippen molar-refractivity contribution in [1.82, 2.24) is 0 Å². The molecule has 0 aromatic heterocycles. The largest absolute Gasteiger partial charge is 0.398 e. The highest BCUT2D eigenvalue weighted by Crippen LogP contribution is 2.10. The molecule has 0 fully saturated rings. The minimum Gasteiger partial charge on any atom is -0.398 e. The minimum absolute atomic E-state index is 0.223. The molecule has 60 valence electrons. The summed E-state index contributed by atoms with van der Waals surface area (Å²) in [5.41, 5.74) is 5.97. The summed E-state index contributed by atoms with van der Waals surface area (Å²) in [7, 11) is 0. The van der Waals surface area contributed by atoms with E-state index in [0.29, 0.717) is 5.69 Å². The third kappa shape index (κ3) is 1.56. The summed E-state index contributed by atoms with van der Waals surface area (Å²) in [6, 6.07) is 6.40. The molecule has 1 rings (SSSR count). The van der Waals surface area contributed by atoms with Crippen molar-refractivity contribution in [2.75, 3.05) is 5.73 Å². The maximum Gasteiger partial charge on any atom is 0.289 e. The standard InChI is InChI=1S/C8H6N2O2/c9-7-4-2-1-3-6(7)8(12)10-5-11/h1-4H,9H2. The fraction of sp³-hybridized carbons (Fsp3) is 0.